The summed E-state index contributed by atoms with van der Waals surface area (Å²) in [6.07, 6.45) is 4.85. The lowest BCUT2D eigenvalue weighted by atomic mass is 9.91. The van der Waals surface area contributed by atoms with Crippen molar-refractivity contribution in [3.63, 3.8) is 0 Å². The molecule has 3 nitrogen and oxygen atoms in total. The predicted octanol–water partition coefficient (Wildman–Crippen LogP) is 3.55. The SMILES string of the molecule is CCCNC1CCCc2c1[nH]c1ccc(OC)cc21. The van der Waals surface area contributed by atoms with E-state index in [-0.39, 0.29) is 0 Å². The van der Waals surface area contributed by atoms with E-state index in [0.29, 0.717) is 6.04 Å². The van der Waals surface area contributed by atoms with E-state index < -0.39 is 0 Å². The first-order valence-corrected chi connectivity index (χ1v) is 7.25. The fourth-order valence-corrected chi connectivity index (χ4v) is 3.09. The Bertz CT molecular complexity index is 573. The summed E-state index contributed by atoms with van der Waals surface area (Å²) in [4.78, 5) is 3.61. The van der Waals surface area contributed by atoms with Crippen LogP contribution >= 0.6 is 0 Å². The van der Waals surface area contributed by atoms with E-state index in [1.165, 1.54) is 47.8 Å². The van der Waals surface area contributed by atoms with Crippen LogP contribution in [-0.2, 0) is 6.42 Å². The van der Waals surface area contributed by atoms with Crippen LogP contribution in [0.2, 0.25) is 0 Å². The second-order valence-corrected chi connectivity index (χ2v) is 5.33. The van der Waals surface area contributed by atoms with E-state index in [9.17, 15) is 0 Å². The molecule has 1 unspecified atom stereocenters. The lowest BCUT2D eigenvalue weighted by Crippen LogP contribution is -2.25. The molecule has 0 fully saturated rings. The number of aromatic amines is 1. The zero-order valence-corrected chi connectivity index (χ0v) is 11.8. The van der Waals surface area contributed by atoms with Gasteiger partial charge in [-0.3, -0.25) is 0 Å². The molecule has 1 aromatic heterocycles. The lowest BCUT2D eigenvalue weighted by Gasteiger charge is -2.23. The van der Waals surface area contributed by atoms with Gasteiger partial charge in [0.2, 0.25) is 0 Å². The summed E-state index contributed by atoms with van der Waals surface area (Å²) in [5.74, 6) is 0.943. The number of rotatable bonds is 4. The van der Waals surface area contributed by atoms with Crippen LogP contribution < -0.4 is 10.1 Å². The van der Waals surface area contributed by atoms with Crippen molar-refractivity contribution < 1.29 is 4.74 Å². The van der Waals surface area contributed by atoms with Gasteiger partial charge in [0, 0.05) is 22.6 Å². The molecule has 1 aliphatic carbocycles. The fraction of sp³-hybridized carbons (Fsp3) is 0.500. The molecule has 0 bridgehead atoms. The van der Waals surface area contributed by atoms with E-state index in [4.69, 9.17) is 4.74 Å². The van der Waals surface area contributed by atoms with Crippen molar-refractivity contribution in [1.82, 2.24) is 10.3 Å². The molecule has 0 aliphatic heterocycles. The van der Waals surface area contributed by atoms with Gasteiger partial charge in [-0.05, 0) is 56.0 Å². The number of aryl methyl sites for hydroxylation is 1. The highest BCUT2D eigenvalue weighted by Crippen LogP contribution is 2.36. The molecule has 2 aromatic rings. The van der Waals surface area contributed by atoms with Gasteiger partial charge in [0.05, 0.1) is 7.11 Å². The second-order valence-electron chi connectivity index (χ2n) is 5.33. The number of H-pyrrole nitrogens is 1. The Morgan fingerprint density at radius 1 is 1.42 bits per heavy atom. The number of hydrogen-bond acceptors (Lipinski definition) is 2. The highest BCUT2D eigenvalue weighted by atomic mass is 16.5. The van der Waals surface area contributed by atoms with Crippen molar-refractivity contribution in [2.45, 2.75) is 38.6 Å². The number of benzene rings is 1. The quantitative estimate of drug-likeness (QED) is 0.880. The Balaban J connectivity index is 2.02. The maximum absolute atomic E-state index is 5.34. The molecule has 0 amide bonds. The van der Waals surface area contributed by atoms with Crippen LogP contribution in [0.5, 0.6) is 5.75 Å². The Morgan fingerprint density at radius 2 is 2.32 bits per heavy atom. The highest BCUT2D eigenvalue weighted by Gasteiger charge is 2.23. The summed E-state index contributed by atoms with van der Waals surface area (Å²) < 4.78 is 5.34. The maximum Gasteiger partial charge on any atom is 0.119 e. The third-order valence-electron chi connectivity index (χ3n) is 4.06. The van der Waals surface area contributed by atoms with Gasteiger partial charge in [-0.25, -0.2) is 0 Å². The van der Waals surface area contributed by atoms with Crippen LogP contribution in [0.1, 0.15) is 43.5 Å². The monoisotopic (exact) mass is 258 g/mol. The smallest absolute Gasteiger partial charge is 0.119 e. The number of aromatic nitrogens is 1. The zero-order chi connectivity index (χ0) is 13.2. The lowest BCUT2D eigenvalue weighted by molar-refractivity contribution is 0.415. The van der Waals surface area contributed by atoms with E-state index in [0.717, 1.165) is 12.3 Å². The Hall–Kier alpha value is -1.48. The van der Waals surface area contributed by atoms with Gasteiger partial charge in [0.1, 0.15) is 5.75 Å². The minimum Gasteiger partial charge on any atom is -0.497 e. The third kappa shape index (κ3) is 2.23. The first-order chi connectivity index (χ1) is 9.33. The van der Waals surface area contributed by atoms with E-state index >= 15 is 0 Å². The Morgan fingerprint density at radius 3 is 3.11 bits per heavy atom. The highest BCUT2D eigenvalue weighted by molar-refractivity contribution is 5.86. The molecule has 1 aliphatic rings. The van der Waals surface area contributed by atoms with Gasteiger partial charge in [-0.15, -0.1) is 0 Å². The Labute approximate surface area is 114 Å². The normalized spacial score (nSPS) is 18.5. The molecule has 3 heteroatoms. The average Bonchev–Trinajstić information content (AvgIpc) is 2.83. The van der Waals surface area contributed by atoms with Crippen molar-refractivity contribution in [3.05, 3.63) is 29.5 Å². The third-order valence-corrected chi connectivity index (χ3v) is 4.06. The molecule has 0 spiro atoms. The van der Waals surface area contributed by atoms with Crippen LogP contribution in [0.25, 0.3) is 10.9 Å². The first kappa shape index (κ1) is 12.5. The van der Waals surface area contributed by atoms with Crippen LogP contribution in [-0.4, -0.2) is 18.6 Å². The first-order valence-electron chi connectivity index (χ1n) is 7.25. The molecule has 1 atom stereocenters. The predicted molar refractivity (Wildman–Crippen MR) is 78.8 cm³/mol. The summed E-state index contributed by atoms with van der Waals surface area (Å²) in [5.41, 5.74) is 4.10. The molecule has 19 heavy (non-hydrogen) atoms. The van der Waals surface area contributed by atoms with Gasteiger partial charge >= 0.3 is 0 Å². The van der Waals surface area contributed by atoms with Crippen LogP contribution in [0.15, 0.2) is 18.2 Å². The largest absolute Gasteiger partial charge is 0.497 e. The van der Waals surface area contributed by atoms with Crippen LogP contribution in [0, 0.1) is 0 Å². The van der Waals surface area contributed by atoms with Gasteiger partial charge in [0.15, 0.2) is 0 Å². The molecular weight excluding hydrogens is 236 g/mol. The van der Waals surface area contributed by atoms with Gasteiger partial charge in [-0.2, -0.15) is 0 Å². The molecule has 0 radical (unpaired) electrons. The molecule has 3 rings (SSSR count). The second kappa shape index (κ2) is 5.25. The molecule has 2 N–H and O–H groups in total. The fourth-order valence-electron chi connectivity index (χ4n) is 3.09. The molecule has 0 saturated carbocycles. The minimum atomic E-state index is 0.488. The average molecular weight is 258 g/mol. The molecule has 1 heterocycles. The number of nitrogens with one attached hydrogen (secondary N) is 2. The molecule has 1 aromatic carbocycles. The van der Waals surface area contributed by atoms with Crippen LogP contribution in [0.4, 0.5) is 0 Å². The van der Waals surface area contributed by atoms with Crippen LogP contribution in [0.3, 0.4) is 0 Å². The van der Waals surface area contributed by atoms with E-state index in [2.05, 4.69) is 29.4 Å². The number of methoxy groups -OCH3 is 1. The van der Waals surface area contributed by atoms with Gasteiger partial charge < -0.3 is 15.0 Å². The van der Waals surface area contributed by atoms with E-state index in [1.54, 1.807) is 7.11 Å². The molecule has 102 valence electrons. The van der Waals surface area contributed by atoms with Crippen molar-refractivity contribution in [2.75, 3.05) is 13.7 Å². The summed E-state index contributed by atoms with van der Waals surface area (Å²) in [6, 6.07) is 6.80. The number of ether oxygens (including phenoxy) is 1. The van der Waals surface area contributed by atoms with Crippen molar-refractivity contribution in [2.24, 2.45) is 0 Å². The number of hydrogen-bond donors (Lipinski definition) is 2. The Kier molecular flexibility index (Phi) is 3.47. The van der Waals surface area contributed by atoms with Gasteiger partial charge in [0.25, 0.3) is 0 Å². The number of fused-ring (bicyclic) bond motifs is 3. The summed E-state index contributed by atoms with van der Waals surface area (Å²) in [7, 11) is 1.73. The topological polar surface area (TPSA) is 37.0 Å². The van der Waals surface area contributed by atoms with Crippen molar-refractivity contribution >= 4 is 10.9 Å². The maximum atomic E-state index is 5.34. The minimum absolute atomic E-state index is 0.488. The van der Waals surface area contributed by atoms with E-state index in [1.807, 2.05) is 6.07 Å². The molecular formula is C16H22N2O. The van der Waals surface area contributed by atoms with Crippen molar-refractivity contribution in [1.29, 1.82) is 0 Å². The summed E-state index contributed by atoms with van der Waals surface area (Å²) >= 11 is 0. The van der Waals surface area contributed by atoms with Crippen molar-refractivity contribution in [3.8, 4) is 5.75 Å². The summed E-state index contributed by atoms with van der Waals surface area (Å²) in [6.45, 7) is 3.30. The standard InChI is InChI=1S/C16H22N2O/c1-3-9-17-15-6-4-5-12-13-10-11(19-2)7-8-14(13)18-16(12)15/h7-8,10,15,17-18H,3-6,9H2,1-2H3. The van der Waals surface area contributed by atoms with Gasteiger partial charge in [-0.1, -0.05) is 6.92 Å². The zero-order valence-electron chi connectivity index (χ0n) is 11.8. The summed E-state index contributed by atoms with van der Waals surface area (Å²) in [5, 5.41) is 4.99. The molecule has 0 saturated heterocycles.